The number of rotatable bonds is 7. The average Bonchev–Trinajstić information content (AvgIpc) is 2.42. The van der Waals surface area contributed by atoms with Crippen LogP contribution in [0.4, 0.5) is 0 Å². The van der Waals surface area contributed by atoms with Gasteiger partial charge in [0.1, 0.15) is 0 Å². The van der Waals surface area contributed by atoms with Crippen LogP contribution in [0, 0.1) is 0 Å². The molecule has 0 aliphatic carbocycles. The molecular formula is C14H22N2O2. The van der Waals surface area contributed by atoms with Crippen molar-refractivity contribution < 1.29 is 9.53 Å². The van der Waals surface area contributed by atoms with Crippen molar-refractivity contribution in [3.63, 3.8) is 0 Å². The number of hydrogen-bond acceptors (Lipinski definition) is 3. The molecule has 4 heteroatoms. The van der Waals surface area contributed by atoms with E-state index >= 15 is 0 Å². The lowest BCUT2D eigenvalue weighted by Gasteiger charge is -2.13. The van der Waals surface area contributed by atoms with Crippen LogP contribution in [0.1, 0.15) is 31.4 Å². The van der Waals surface area contributed by atoms with E-state index < -0.39 is 6.04 Å². The summed E-state index contributed by atoms with van der Waals surface area (Å²) < 4.78 is 5.40. The standard InChI is InChI=1S/C14H22N2O2/c1-3-13(15)14(17)16-9-11-7-5-6-8-12(11)10-18-4-2/h5-8,13H,3-4,9-10,15H2,1-2H3,(H,16,17). The zero-order valence-electron chi connectivity index (χ0n) is 11.1. The monoisotopic (exact) mass is 250 g/mol. The molecule has 1 aromatic carbocycles. The Labute approximate surface area is 109 Å². The fraction of sp³-hybridized carbons (Fsp3) is 0.500. The highest BCUT2D eigenvalue weighted by molar-refractivity contribution is 5.81. The maximum atomic E-state index is 11.6. The molecule has 4 nitrogen and oxygen atoms in total. The average molecular weight is 250 g/mol. The summed E-state index contributed by atoms with van der Waals surface area (Å²) in [5, 5.41) is 2.85. The number of amides is 1. The second kappa shape index (κ2) is 7.84. The number of nitrogens with one attached hydrogen (secondary N) is 1. The van der Waals surface area contributed by atoms with Crippen molar-refractivity contribution in [3.05, 3.63) is 35.4 Å². The number of benzene rings is 1. The molecule has 0 aliphatic heterocycles. The van der Waals surface area contributed by atoms with Crippen LogP contribution in [-0.2, 0) is 22.7 Å². The summed E-state index contributed by atoms with van der Waals surface area (Å²) in [6.07, 6.45) is 0.645. The SMILES string of the molecule is CCOCc1ccccc1CNC(=O)C(N)CC. The Bertz CT molecular complexity index is 380. The van der Waals surface area contributed by atoms with E-state index in [1.165, 1.54) is 0 Å². The van der Waals surface area contributed by atoms with Gasteiger partial charge in [-0.25, -0.2) is 0 Å². The Morgan fingerprint density at radius 2 is 2.00 bits per heavy atom. The predicted molar refractivity (Wildman–Crippen MR) is 71.9 cm³/mol. The molecule has 0 saturated carbocycles. The molecule has 1 amide bonds. The van der Waals surface area contributed by atoms with Crippen molar-refractivity contribution in [2.75, 3.05) is 6.61 Å². The Balaban J connectivity index is 2.58. The maximum absolute atomic E-state index is 11.6. The minimum Gasteiger partial charge on any atom is -0.377 e. The van der Waals surface area contributed by atoms with Crippen molar-refractivity contribution in [1.29, 1.82) is 0 Å². The van der Waals surface area contributed by atoms with E-state index in [1.54, 1.807) is 0 Å². The van der Waals surface area contributed by atoms with Gasteiger partial charge in [0.2, 0.25) is 5.91 Å². The smallest absolute Gasteiger partial charge is 0.237 e. The fourth-order valence-electron chi connectivity index (χ4n) is 1.58. The summed E-state index contributed by atoms with van der Waals surface area (Å²) >= 11 is 0. The van der Waals surface area contributed by atoms with Crippen LogP contribution < -0.4 is 11.1 Å². The topological polar surface area (TPSA) is 64.3 Å². The molecule has 0 heterocycles. The summed E-state index contributed by atoms with van der Waals surface area (Å²) in [5.74, 6) is -0.108. The summed E-state index contributed by atoms with van der Waals surface area (Å²) in [6, 6.07) is 7.50. The zero-order chi connectivity index (χ0) is 13.4. The number of nitrogens with two attached hydrogens (primary N) is 1. The van der Waals surface area contributed by atoms with Crippen LogP contribution in [0.2, 0.25) is 0 Å². The summed E-state index contributed by atoms with van der Waals surface area (Å²) in [6.45, 7) is 5.61. The molecule has 0 fully saturated rings. The lowest BCUT2D eigenvalue weighted by molar-refractivity contribution is -0.122. The molecular weight excluding hydrogens is 228 g/mol. The first-order valence-corrected chi connectivity index (χ1v) is 6.36. The molecule has 18 heavy (non-hydrogen) atoms. The van der Waals surface area contributed by atoms with Crippen LogP contribution in [-0.4, -0.2) is 18.6 Å². The Morgan fingerprint density at radius 1 is 1.33 bits per heavy atom. The van der Waals surface area contributed by atoms with Gasteiger partial charge in [-0.1, -0.05) is 31.2 Å². The van der Waals surface area contributed by atoms with Gasteiger partial charge in [0.15, 0.2) is 0 Å². The van der Waals surface area contributed by atoms with Crippen molar-refractivity contribution >= 4 is 5.91 Å². The van der Waals surface area contributed by atoms with Crippen LogP contribution in [0.5, 0.6) is 0 Å². The van der Waals surface area contributed by atoms with Gasteiger partial charge in [0, 0.05) is 13.2 Å². The van der Waals surface area contributed by atoms with Gasteiger partial charge in [-0.3, -0.25) is 4.79 Å². The molecule has 0 spiro atoms. The Hall–Kier alpha value is -1.39. The van der Waals surface area contributed by atoms with E-state index in [2.05, 4.69) is 5.32 Å². The first kappa shape index (κ1) is 14.7. The number of carbonyl (C=O) groups is 1. The van der Waals surface area contributed by atoms with Gasteiger partial charge in [0.25, 0.3) is 0 Å². The number of hydrogen-bond donors (Lipinski definition) is 2. The zero-order valence-corrected chi connectivity index (χ0v) is 11.1. The van der Waals surface area contributed by atoms with Gasteiger partial charge in [-0.2, -0.15) is 0 Å². The molecule has 0 radical (unpaired) electrons. The summed E-state index contributed by atoms with van der Waals surface area (Å²) in [4.78, 5) is 11.6. The highest BCUT2D eigenvalue weighted by Crippen LogP contribution is 2.10. The lowest BCUT2D eigenvalue weighted by atomic mass is 10.1. The van der Waals surface area contributed by atoms with E-state index in [-0.39, 0.29) is 5.91 Å². The highest BCUT2D eigenvalue weighted by atomic mass is 16.5. The van der Waals surface area contributed by atoms with Crippen molar-refractivity contribution in [1.82, 2.24) is 5.32 Å². The van der Waals surface area contributed by atoms with Gasteiger partial charge < -0.3 is 15.8 Å². The van der Waals surface area contributed by atoms with Gasteiger partial charge >= 0.3 is 0 Å². The van der Waals surface area contributed by atoms with E-state index in [0.29, 0.717) is 26.2 Å². The number of ether oxygens (including phenoxy) is 1. The fourth-order valence-corrected chi connectivity index (χ4v) is 1.58. The second-order valence-corrected chi connectivity index (χ2v) is 4.14. The summed E-state index contributed by atoms with van der Waals surface area (Å²) in [5.41, 5.74) is 7.84. The van der Waals surface area contributed by atoms with E-state index in [0.717, 1.165) is 11.1 Å². The minimum absolute atomic E-state index is 0.108. The largest absolute Gasteiger partial charge is 0.377 e. The predicted octanol–water partition coefficient (Wildman–Crippen LogP) is 1.58. The van der Waals surface area contributed by atoms with Crippen LogP contribution >= 0.6 is 0 Å². The third-order valence-electron chi connectivity index (χ3n) is 2.81. The maximum Gasteiger partial charge on any atom is 0.237 e. The molecule has 3 N–H and O–H groups in total. The molecule has 100 valence electrons. The molecule has 0 bridgehead atoms. The first-order valence-electron chi connectivity index (χ1n) is 6.36. The second-order valence-electron chi connectivity index (χ2n) is 4.14. The van der Waals surface area contributed by atoms with E-state index in [4.69, 9.17) is 10.5 Å². The van der Waals surface area contributed by atoms with Crippen molar-refractivity contribution in [2.24, 2.45) is 5.73 Å². The Kier molecular flexibility index (Phi) is 6.39. The molecule has 1 aromatic rings. The quantitative estimate of drug-likeness (QED) is 0.772. The molecule has 1 unspecified atom stereocenters. The van der Waals surface area contributed by atoms with Crippen LogP contribution in [0.15, 0.2) is 24.3 Å². The highest BCUT2D eigenvalue weighted by Gasteiger charge is 2.10. The first-order chi connectivity index (χ1) is 8.69. The number of carbonyl (C=O) groups excluding carboxylic acids is 1. The van der Waals surface area contributed by atoms with Gasteiger partial charge in [-0.05, 0) is 24.5 Å². The Morgan fingerprint density at radius 3 is 2.61 bits per heavy atom. The molecule has 0 aliphatic rings. The van der Waals surface area contributed by atoms with Crippen LogP contribution in [0.3, 0.4) is 0 Å². The third kappa shape index (κ3) is 4.47. The third-order valence-corrected chi connectivity index (χ3v) is 2.81. The minimum atomic E-state index is -0.427. The molecule has 1 rings (SSSR count). The van der Waals surface area contributed by atoms with Gasteiger partial charge in [-0.15, -0.1) is 0 Å². The molecule has 1 atom stereocenters. The van der Waals surface area contributed by atoms with Gasteiger partial charge in [0.05, 0.1) is 12.6 Å². The van der Waals surface area contributed by atoms with Crippen molar-refractivity contribution in [2.45, 2.75) is 39.5 Å². The lowest BCUT2D eigenvalue weighted by Crippen LogP contribution is -2.39. The van der Waals surface area contributed by atoms with E-state index in [1.807, 2.05) is 38.1 Å². The normalized spacial score (nSPS) is 12.2. The summed E-state index contributed by atoms with van der Waals surface area (Å²) in [7, 11) is 0. The molecule has 0 aromatic heterocycles. The van der Waals surface area contributed by atoms with Crippen LogP contribution in [0.25, 0.3) is 0 Å². The molecule has 0 saturated heterocycles. The van der Waals surface area contributed by atoms with E-state index in [9.17, 15) is 4.79 Å². The van der Waals surface area contributed by atoms with Crippen molar-refractivity contribution in [3.8, 4) is 0 Å².